The Morgan fingerprint density at radius 3 is 2.73 bits per heavy atom. The van der Waals surface area contributed by atoms with Gasteiger partial charge in [-0.2, -0.15) is 0 Å². The van der Waals surface area contributed by atoms with E-state index in [0.29, 0.717) is 16.6 Å². The van der Waals surface area contributed by atoms with Crippen molar-refractivity contribution in [2.45, 2.75) is 12.8 Å². The molecule has 5 heteroatoms. The lowest BCUT2D eigenvalue weighted by atomic mass is 10.1. The lowest BCUT2D eigenvalue weighted by Gasteiger charge is -2.08. The minimum Gasteiger partial charge on any atom is -0.507 e. The summed E-state index contributed by atoms with van der Waals surface area (Å²) < 4.78 is 5.49. The third kappa shape index (κ3) is 3.13. The second-order valence-electron chi connectivity index (χ2n) is 3.02. The summed E-state index contributed by atoms with van der Waals surface area (Å²) in [6.45, 7) is 0. The predicted molar refractivity (Wildman–Crippen MR) is 58.3 cm³/mol. The highest BCUT2D eigenvalue weighted by Gasteiger charge is 2.09. The van der Waals surface area contributed by atoms with Crippen LogP contribution in [0.15, 0.2) is 16.6 Å². The van der Waals surface area contributed by atoms with Crippen LogP contribution in [0.4, 0.5) is 0 Å². The molecule has 4 nitrogen and oxygen atoms in total. The van der Waals surface area contributed by atoms with Crippen LogP contribution in [-0.4, -0.2) is 23.3 Å². The number of carboxylic acids is 1. The highest BCUT2D eigenvalue weighted by molar-refractivity contribution is 9.10. The zero-order valence-corrected chi connectivity index (χ0v) is 9.74. The van der Waals surface area contributed by atoms with Gasteiger partial charge in [0.2, 0.25) is 0 Å². The van der Waals surface area contributed by atoms with E-state index >= 15 is 0 Å². The number of phenolic OH excluding ortho intramolecular Hbond substituents is 1. The van der Waals surface area contributed by atoms with E-state index in [1.807, 2.05) is 0 Å². The standard InChI is InChI=1S/C10H11BrO4/c1-15-8-5-6(2-3-9(13)14)4-7(12)10(8)11/h4-5,12H,2-3H2,1H3,(H,13,14). The molecule has 0 aliphatic carbocycles. The number of hydrogen-bond acceptors (Lipinski definition) is 3. The maximum atomic E-state index is 10.4. The molecule has 0 spiro atoms. The Labute approximate surface area is 95.6 Å². The first-order valence-corrected chi connectivity index (χ1v) is 5.11. The highest BCUT2D eigenvalue weighted by atomic mass is 79.9. The molecule has 0 saturated heterocycles. The van der Waals surface area contributed by atoms with Crippen molar-refractivity contribution >= 4 is 21.9 Å². The van der Waals surface area contributed by atoms with Gasteiger partial charge >= 0.3 is 5.97 Å². The Kier molecular flexibility index (Phi) is 3.96. The lowest BCUT2D eigenvalue weighted by Crippen LogP contribution is -1.98. The minimum absolute atomic E-state index is 0.0320. The topological polar surface area (TPSA) is 66.8 Å². The molecule has 0 radical (unpaired) electrons. The van der Waals surface area contributed by atoms with E-state index in [-0.39, 0.29) is 12.2 Å². The van der Waals surface area contributed by atoms with Crippen molar-refractivity contribution in [1.82, 2.24) is 0 Å². The number of benzene rings is 1. The van der Waals surface area contributed by atoms with Gasteiger partial charge in [-0.15, -0.1) is 0 Å². The number of methoxy groups -OCH3 is 1. The van der Waals surface area contributed by atoms with E-state index in [1.165, 1.54) is 13.2 Å². The maximum Gasteiger partial charge on any atom is 0.303 e. The molecule has 0 bridgehead atoms. The van der Waals surface area contributed by atoms with Crippen molar-refractivity contribution in [3.05, 3.63) is 22.2 Å². The van der Waals surface area contributed by atoms with Gasteiger partial charge < -0.3 is 14.9 Å². The van der Waals surface area contributed by atoms with E-state index in [2.05, 4.69) is 15.9 Å². The summed E-state index contributed by atoms with van der Waals surface area (Å²) in [6, 6.07) is 3.22. The molecule has 0 saturated carbocycles. The average Bonchev–Trinajstić information content (AvgIpc) is 2.19. The van der Waals surface area contributed by atoms with E-state index in [1.54, 1.807) is 6.07 Å². The van der Waals surface area contributed by atoms with Gasteiger partial charge in [0.1, 0.15) is 16.0 Å². The number of halogens is 1. The van der Waals surface area contributed by atoms with Gasteiger partial charge in [-0.25, -0.2) is 0 Å². The summed E-state index contributed by atoms with van der Waals surface area (Å²) in [5, 5.41) is 18.0. The molecule has 1 rings (SSSR count). The molecule has 15 heavy (non-hydrogen) atoms. The van der Waals surface area contributed by atoms with E-state index in [9.17, 15) is 9.90 Å². The number of aliphatic carboxylic acids is 1. The molecule has 82 valence electrons. The molecule has 0 heterocycles. The van der Waals surface area contributed by atoms with E-state index in [4.69, 9.17) is 9.84 Å². The molecule has 2 N–H and O–H groups in total. The van der Waals surface area contributed by atoms with Crippen LogP contribution in [0.1, 0.15) is 12.0 Å². The van der Waals surface area contributed by atoms with Crippen molar-refractivity contribution in [1.29, 1.82) is 0 Å². The van der Waals surface area contributed by atoms with Gasteiger partial charge in [-0.3, -0.25) is 4.79 Å². The van der Waals surface area contributed by atoms with Crippen molar-refractivity contribution in [2.24, 2.45) is 0 Å². The molecule has 0 atom stereocenters. The number of hydrogen-bond donors (Lipinski definition) is 2. The Morgan fingerprint density at radius 1 is 1.53 bits per heavy atom. The molecule has 0 unspecified atom stereocenters. The number of carboxylic acid groups (broad SMARTS) is 1. The minimum atomic E-state index is -0.864. The van der Waals surface area contributed by atoms with Gasteiger partial charge in [0, 0.05) is 6.42 Å². The summed E-state index contributed by atoms with van der Waals surface area (Å²) in [7, 11) is 1.49. The van der Waals surface area contributed by atoms with Crippen LogP contribution in [0.2, 0.25) is 0 Å². The summed E-state index contributed by atoms with van der Waals surface area (Å²) in [4.78, 5) is 10.4. The molecular formula is C10H11BrO4. The van der Waals surface area contributed by atoms with Crippen LogP contribution in [0.25, 0.3) is 0 Å². The quantitative estimate of drug-likeness (QED) is 0.883. The fourth-order valence-corrected chi connectivity index (χ4v) is 1.57. The normalized spacial score (nSPS) is 10.0. The largest absolute Gasteiger partial charge is 0.507 e. The second kappa shape index (κ2) is 5.02. The fourth-order valence-electron chi connectivity index (χ4n) is 1.18. The second-order valence-corrected chi connectivity index (χ2v) is 3.82. The van der Waals surface area contributed by atoms with Crippen LogP contribution in [0.3, 0.4) is 0 Å². The monoisotopic (exact) mass is 274 g/mol. The summed E-state index contributed by atoms with van der Waals surface area (Å²) >= 11 is 3.16. The molecule has 1 aromatic carbocycles. The number of ether oxygens (including phenoxy) is 1. The van der Waals surface area contributed by atoms with Crippen molar-refractivity contribution < 1.29 is 19.7 Å². The van der Waals surface area contributed by atoms with Gasteiger partial charge in [0.15, 0.2) is 0 Å². The Balaban J connectivity index is 2.90. The summed E-state index contributed by atoms with van der Waals surface area (Å²) in [6.07, 6.45) is 0.400. The number of aryl methyl sites for hydroxylation is 1. The average molecular weight is 275 g/mol. The highest BCUT2D eigenvalue weighted by Crippen LogP contribution is 2.35. The Morgan fingerprint density at radius 2 is 2.20 bits per heavy atom. The fraction of sp³-hybridized carbons (Fsp3) is 0.300. The first-order chi connectivity index (χ1) is 7.04. The number of carbonyl (C=O) groups is 1. The number of phenols is 1. The number of aromatic hydroxyl groups is 1. The van der Waals surface area contributed by atoms with Gasteiger partial charge in [-0.05, 0) is 40.0 Å². The maximum absolute atomic E-state index is 10.4. The predicted octanol–water partition coefficient (Wildman–Crippen LogP) is 2.18. The zero-order valence-electron chi connectivity index (χ0n) is 8.16. The first kappa shape index (κ1) is 11.8. The molecule has 0 aliphatic rings. The molecule has 1 aromatic rings. The summed E-state index contributed by atoms with van der Waals surface area (Å²) in [5.74, 6) is -0.318. The molecule has 0 fully saturated rings. The van der Waals surface area contributed by atoms with Crippen molar-refractivity contribution in [3.63, 3.8) is 0 Å². The molecule has 0 amide bonds. The Hall–Kier alpha value is -1.23. The van der Waals surface area contributed by atoms with Crippen LogP contribution in [0, 0.1) is 0 Å². The van der Waals surface area contributed by atoms with Crippen LogP contribution in [-0.2, 0) is 11.2 Å². The molecule has 0 aliphatic heterocycles. The summed E-state index contributed by atoms with van der Waals surface area (Å²) in [5.41, 5.74) is 0.731. The van der Waals surface area contributed by atoms with Gasteiger partial charge in [-0.1, -0.05) is 0 Å². The third-order valence-electron chi connectivity index (χ3n) is 1.93. The smallest absolute Gasteiger partial charge is 0.303 e. The van der Waals surface area contributed by atoms with Crippen LogP contribution < -0.4 is 4.74 Å². The molecular weight excluding hydrogens is 264 g/mol. The third-order valence-corrected chi connectivity index (χ3v) is 2.72. The van der Waals surface area contributed by atoms with Gasteiger partial charge in [0.25, 0.3) is 0 Å². The van der Waals surface area contributed by atoms with Crippen LogP contribution >= 0.6 is 15.9 Å². The zero-order chi connectivity index (χ0) is 11.4. The lowest BCUT2D eigenvalue weighted by molar-refractivity contribution is -0.136. The number of rotatable bonds is 4. The molecule has 0 aromatic heterocycles. The van der Waals surface area contributed by atoms with Crippen LogP contribution in [0.5, 0.6) is 11.5 Å². The van der Waals surface area contributed by atoms with E-state index in [0.717, 1.165) is 5.56 Å². The van der Waals surface area contributed by atoms with Crippen molar-refractivity contribution in [2.75, 3.05) is 7.11 Å². The Bertz CT molecular complexity index is 376. The van der Waals surface area contributed by atoms with Gasteiger partial charge in [0.05, 0.1) is 7.11 Å². The first-order valence-electron chi connectivity index (χ1n) is 4.31. The van der Waals surface area contributed by atoms with E-state index < -0.39 is 5.97 Å². The van der Waals surface area contributed by atoms with Crippen molar-refractivity contribution in [3.8, 4) is 11.5 Å². The SMILES string of the molecule is COc1cc(CCC(=O)O)cc(O)c1Br.